The molecule has 2 atom stereocenters. The maximum atomic E-state index is 14.5. The molecule has 0 aromatic heterocycles. The molecule has 2 aromatic carbocycles. The molecule has 0 spiro atoms. The van der Waals surface area contributed by atoms with Gasteiger partial charge >= 0.3 is 5.97 Å². The number of halogens is 2. The summed E-state index contributed by atoms with van der Waals surface area (Å²) in [7, 11) is 0. The molecule has 0 aliphatic heterocycles. The van der Waals surface area contributed by atoms with Crippen molar-refractivity contribution in [2.45, 2.75) is 39.5 Å². The van der Waals surface area contributed by atoms with Gasteiger partial charge in [-0.05, 0) is 66.6 Å². The fourth-order valence-electron chi connectivity index (χ4n) is 4.55. The summed E-state index contributed by atoms with van der Waals surface area (Å²) < 4.78 is 20.1. The number of ketones is 1. The average Bonchev–Trinajstić information content (AvgIpc) is 3.12. The molecule has 0 radical (unpaired) electrons. The minimum absolute atomic E-state index is 0.0263. The fourth-order valence-corrected chi connectivity index (χ4v) is 4.71. The van der Waals surface area contributed by atoms with Gasteiger partial charge in [0.2, 0.25) is 0 Å². The largest absolute Gasteiger partial charge is 0.430 e. The summed E-state index contributed by atoms with van der Waals surface area (Å²) in [4.78, 5) is 25.0. The number of esters is 1. The predicted molar refractivity (Wildman–Crippen MR) is 111 cm³/mol. The van der Waals surface area contributed by atoms with Crippen LogP contribution in [-0.4, -0.2) is 11.8 Å². The first kappa shape index (κ1) is 19.8. The highest BCUT2D eigenvalue weighted by molar-refractivity contribution is 6.30. The van der Waals surface area contributed by atoms with Gasteiger partial charge in [-0.25, -0.2) is 4.39 Å². The first-order chi connectivity index (χ1) is 13.9. The van der Waals surface area contributed by atoms with Gasteiger partial charge in [0.1, 0.15) is 11.6 Å². The topological polar surface area (TPSA) is 43.4 Å². The van der Waals surface area contributed by atoms with Crippen molar-refractivity contribution in [3.8, 4) is 11.1 Å². The number of aryl methyl sites for hydroxylation is 1. The second kappa shape index (κ2) is 7.75. The van der Waals surface area contributed by atoms with Crippen LogP contribution >= 0.6 is 11.6 Å². The van der Waals surface area contributed by atoms with Crippen molar-refractivity contribution in [2.75, 3.05) is 0 Å². The minimum Gasteiger partial charge on any atom is -0.430 e. The van der Waals surface area contributed by atoms with Crippen LogP contribution in [0.25, 0.3) is 16.7 Å². The van der Waals surface area contributed by atoms with E-state index in [9.17, 15) is 14.0 Å². The van der Waals surface area contributed by atoms with E-state index in [2.05, 4.69) is 0 Å². The number of ether oxygens (including phenoxy) is 1. The Labute approximate surface area is 174 Å². The van der Waals surface area contributed by atoms with Crippen LogP contribution in [0.4, 0.5) is 4.39 Å². The van der Waals surface area contributed by atoms with Gasteiger partial charge in [-0.1, -0.05) is 30.7 Å². The zero-order chi connectivity index (χ0) is 20.7. The van der Waals surface area contributed by atoms with E-state index in [-0.39, 0.29) is 17.6 Å². The molecule has 1 fully saturated rings. The summed E-state index contributed by atoms with van der Waals surface area (Å²) in [5.74, 6) is -0.282. The number of fused-ring (bicyclic) bond motifs is 2. The van der Waals surface area contributed by atoms with Crippen molar-refractivity contribution in [3.63, 3.8) is 0 Å². The highest BCUT2D eigenvalue weighted by Gasteiger charge is 2.43. The molecule has 150 valence electrons. The number of Topliss-reactive ketones (excluding diaryl/α,β-unsaturated/α-hetero) is 1. The summed E-state index contributed by atoms with van der Waals surface area (Å²) in [6.45, 7) is 3.37. The SMILES string of the molecule is CCc1ccc(-c2ccc(Cl)cc2F)cc1C1=C(OC(C)=O)[C@H]2CC[C@H](C2)C1=O. The molecule has 2 aromatic rings. The lowest BCUT2D eigenvalue weighted by Crippen LogP contribution is -2.24. The van der Waals surface area contributed by atoms with Crippen LogP contribution in [-0.2, 0) is 20.7 Å². The second-order valence-corrected chi connectivity index (χ2v) is 8.19. The maximum Gasteiger partial charge on any atom is 0.307 e. The summed E-state index contributed by atoms with van der Waals surface area (Å²) in [5.41, 5.74) is 3.27. The van der Waals surface area contributed by atoms with E-state index in [0.29, 0.717) is 33.9 Å². The molecule has 2 aliphatic rings. The molecule has 2 aliphatic carbocycles. The summed E-state index contributed by atoms with van der Waals surface area (Å²) in [6.07, 6.45) is 3.09. The predicted octanol–water partition coefficient (Wildman–Crippen LogP) is 5.98. The number of rotatable bonds is 4. The van der Waals surface area contributed by atoms with Gasteiger partial charge in [0.25, 0.3) is 0 Å². The third-order valence-corrected chi connectivity index (χ3v) is 6.16. The van der Waals surface area contributed by atoms with Gasteiger partial charge in [0.15, 0.2) is 5.78 Å². The number of benzene rings is 2. The third-order valence-electron chi connectivity index (χ3n) is 5.92. The third kappa shape index (κ3) is 3.62. The maximum absolute atomic E-state index is 14.5. The Kier molecular flexibility index (Phi) is 5.30. The van der Waals surface area contributed by atoms with Crippen LogP contribution < -0.4 is 0 Å². The van der Waals surface area contributed by atoms with Gasteiger partial charge in [-0.2, -0.15) is 0 Å². The highest BCUT2D eigenvalue weighted by Crippen LogP contribution is 2.47. The molecule has 4 rings (SSSR count). The lowest BCUT2D eigenvalue weighted by Gasteiger charge is -2.26. The van der Waals surface area contributed by atoms with Gasteiger partial charge in [0, 0.05) is 29.3 Å². The van der Waals surface area contributed by atoms with Crippen LogP contribution in [0, 0.1) is 17.7 Å². The van der Waals surface area contributed by atoms with Crippen molar-refractivity contribution in [3.05, 3.63) is 64.1 Å². The standard InChI is InChI=1S/C24H22ClFO3/c1-3-14-4-5-15(19-9-8-18(25)12-21(19)26)11-20(14)22-23(28)16-6-7-17(10-16)24(22)29-13(2)27/h4-5,8-9,11-12,16-17H,3,6-7,10H2,1-2H3/t16-,17+/m1/s1. The zero-order valence-corrected chi connectivity index (χ0v) is 17.2. The molecule has 2 bridgehead atoms. The van der Waals surface area contributed by atoms with E-state index >= 15 is 0 Å². The highest BCUT2D eigenvalue weighted by atomic mass is 35.5. The number of hydrogen-bond donors (Lipinski definition) is 0. The van der Waals surface area contributed by atoms with Crippen LogP contribution in [0.15, 0.2) is 42.2 Å². The lowest BCUT2D eigenvalue weighted by molar-refractivity contribution is -0.137. The quantitative estimate of drug-likeness (QED) is 0.580. The molecule has 0 unspecified atom stereocenters. The molecule has 5 heteroatoms. The van der Waals surface area contributed by atoms with E-state index in [1.54, 1.807) is 12.1 Å². The molecular weight excluding hydrogens is 391 g/mol. The number of allylic oxidation sites excluding steroid dienone is 2. The van der Waals surface area contributed by atoms with Gasteiger partial charge < -0.3 is 4.74 Å². The van der Waals surface area contributed by atoms with E-state index < -0.39 is 11.8 Å². The van der Waals surface area contributed by atoms with Crippen LogP contribution in [0.5, 0.6) is 0 Å². The molecule has 0 heterocycles. The first-order valence-corrected chi connectivity index (χ1v) is 10.3. The van der Waals surface area contributed by atoms with Crippen LogP contribution in [0.3, 0.4) is 0 Å². The smallest absolute Gasteiger partial charge is 0.307 e. The van der Waals surface area contributed by atoms with E-state index in [1.165, 1.54) is 13.0 Å². The number of carbonyl (C=O) groups is 2. The molecule has 0 saturated heterocycles. The Morgan fingerprint density at radius 1 is 1.14 bits per heavy atom. The van der Waals surface area contributed by atoms with Crippen LogP contribution in [0.1, 0.15) is 44.2 Å². The Balaban J connectivity index is 1.92. The van der Waals surface area contributed by atoms with Crippen molar-refractivity contribution in [2.24, 2.45) is 11.8 Å². The van der Waals surface area contributed by atoms with Gasteiger partial charge in [0.05, 0.1) is 5.57 Å². The second-order valence-electron chi connectivity index (χ2n) is 7.75. The van der Waals surface area contributed by atoms with Crippen molar-refractivity contribution in [1.29, 1.82) is 0 Å². The summed E-state index contributed by atoms with van der Waals surface area (Å²) >= 11 is 5.89. The van der Waals surface area contributed by atoms with Gasteiger partial charge in [-0.3, -0.25) is 9.59 Å². The first-order valence-electron chi connectivity index (χ1n) is 9.94. The molecule has 1 saturated carbocycles. The van der Waals surface area contributed by atoms with E-state index in [0.717, 1.165) is 30.4 Å². The monoisotopic (exact) mass is 412 g/mol. The normalized spacial score (nSPS) is 20.9. The summed E-state index contributed by atoms with van der Waals surface area (Å²) in [6, 6.07) is 10.2. The molecule has 3 nitrogen and oxygen atoms in total. The zero-order valence-electron chi connectivity index (χ0n) is 16.4. The molecule has 0 N–H and O–H groups in total. The van der Waals surface area contributed by atoms with Crippen molar-refractivity contribution < 1.29 is 18.7 Å². The van der Waals surface area contributed by atoms with Crippen LogP contribution in [0.2, 0.25) is 5.02 Å². The summed E-state index contributed by atoms with van der Waals surface area (Å²) in [5, 5.41) is 0.329. The minimum atomic E-state index is -0.423. The average molecular weight is 413 g/mol. The lowest BCUT2D eigenvalue weighted by atomic mass is 9.81. The number of hydrogen-bond acceptors (Lipinski definition) is 3. The Morgan fingerprint density at radius 2 is 1.90 bits per heavy atom. The Hall–Kier alpha value is -2.46. The molecular formula is C24H22ClFO3. The Morgan fingerprint density at radius 3 is 2.59 bits per heavy atom. The van der Waals surface area contributed by atoms with Crippen molar-refractivity contribution >= 4 is 28.9 Å². The van der Waals surface area contributed by atoms with Crippen molar-refractivity contribution in [1.82, 2.24) is 0 Å². The molecule has 0 amide bonds. The van der Waals surface area contributed by atoms with E-state index in [4.69, 9.17) is 16.3 Å². The van der Waals surface area contributed by atoms with Gasteiger partial charge in [-0.15, -0.1) is 0 Å². The Bertz CT molecular complexity index is 1040. The number of carbonyl (C=O) groups excluding carboxylic acids is 2. The molecule has 29 heavy (non-hydrogen) atoms. The van der Waals surface area contributed by atoms with E-state index in [1.807, 2.05) is 25.1 Å². The fraction of sp³-hybridized carbons (Fsp3) is 0.333.